The lowest BCUT2D eigenvalue weighted by atomic mass is 9.97. The number of carbonyl (C=O) groups excluding carboxylic acids is 2. The van der Waals surface area contributed by atoms with Crippen LogP contribution in [0.15, 0.2) is 12.1 Å². The summed E-state index contributed by atoms with van der Waals surface area (Å²) in [6.07, 6.45) is 0.608. The Morgan fingerprint density at radius 2 is 1.52 bits per heavy atom. The van der Waals surface area contributed by atoms with E-state index in [1.807, 2.05) is 0 Å². The molecule has 0 aromatic carbocycles. The maximum Gasteiger partial charge on any atom is 0.278 e. The molecule has 1 saturated carbocycles. The van der Waals surface area contributed by atoms with E-state index in [2.05, 4.69) is 95.2 Å². The Labute approximate surface area is 281 Å². The highest BCUT2D eigenvalue weighted by Gasteiger charge is 2.42. The highest BCUT2D eigenvalue weighted by Crippen LogP contribution is 2.50. The number of nitrogens with one attached hydrogen (secondary N) is 1. The summed E-state index contributed by atoms with van der Waals surface area (Å²) in [5, 5.41) is 44.9. The predicted octanol–water partition coefficient (Wildman–Crippen LogP) is 1.55. The molecule has 40 heavy (non-hydrogen) atoms. The van der Waals surface area contributed by atoms with Gasteiger partial charge in [-0.3, -0.25) is 18.7 Å². The maximum absolute atomic E-state index is 12.8. The number of hydrogen-bond acceptors (Lipinski definition) is 8. The summed E-state index contributed by atoms with van der Waals surface area (Å²) in [5.41, 5.74) is -0.140. The standard InChI is InChI=1S/C21H31B3I3N4O6P3/c22-40(27)16-11-15(32)12(19(16)35)1-4-29(7-8-31-18(34)10-14(21(31)37)24(26)39)5-2-28-3-6-30-17(33)9-13(20(30)36)23(25)38/h9-10,12,16,28,33-34,36-37H,1-8,11,38-39H2. The number of aromatic hydroxyl groups is 4. The van der Waals surface area contributed by atoms with E-state index in [0.29, 0.717) is 63.2 Å². The number of carbonyl (C=O) groups is 2. The van der Waals surface area contributed by atoms with Gasteiger partial charge in [-0.1, -0.05) is 27.5 Å². The fourth-order valence-corrected chi connectivity index (χ4v) is 8.32. The van der Waals surface area contributed by atoms with Crippen LogP contribution < -0.4 is 16.2 Å². The zero-order valence-corrected chi connectivity index (χ0v) is 31.3. The van der Waals surface area contributed by atoms with E-state index >= 15 is 0 Å². The summed E-state index contributed by atoms with van der Waals surface area (Å²) in [6.45, 7) is 3.31. The van der Waals surface area contributed by atoms with Crippen LogP contribution in [-0.2, 0) is 22.7 Å². The average Bonchev–Trinajstić information content (AvgIpc) is 3.45. The highest BCUT2D eigenvalue weighted by molar-refractivity contribution is 14.2. The average molecular weight is 942 g/mol. The predicted molar refractivity (Wildman–Crippen MR) is 196 cm³/mol. The van der Waals surface area contributed by atoms with Gasteiger partial charge in [-0.15, -0.1) is 44.7 Å². The molecule has 10 nitrogen and oxygen atoms in total. The normalized spacial score (nSPS) is 18.1. The molecule has 19 heteroatoms. The third-order valence-corrected chi connectivity index (χ3v) is 12.1. The molecule has 5 N–H and O–H groups in total. The van der Waals surface area contributed by atoms with E-state index < -0.39 is 11.4 Å². The van der Waals surface area contributed by atoms with Gasteiger partial charge in [-0.25, -0.2) is 0 Å². The van der Waals surface area contributed by atoms with Crippen molar-refractivity contribution in [2.75, 3.05) is 32.7 Å². The van der Waals surface area contributed by atoms with Crippen LogP contribution >= 0.6 is 90.5 Å². The molecule has 1 fully saturated rings. The van der Waals surface area contributed by atoms with Crippen molar-refractivity contribution < 1.29 is 30.0 Å². The Bertz CT molecular complexity index is 1210. The largest absolute Gasteiger partial charge is 0.495 e. The van der Waals surface area contributed by atoms with Crippen molar-refractivity contribution in [1.29, 1.82) is 0 Å². The zero-order chi connectivity index (χ0) is 29.7. The monoisotopic (exact) mass is 942 g/mol. The number of nitrogens with zero attached hydrogens (tertiary/aromatic N) is 3. The maximum atomic E-state index is 12.8. The first-order valence-corrected chi connectivity index (χ1v) is 20.6. The van der Waals surface area contributed by atoms with Gasteiger partial charge < -0.3 is 30.6 Å². The Morgan fingerprint density at radius 1 is 0.975 bits per heavy atom. The minimum atomic E-state index is -1.03. The van der Waals surface area contributed by atoms with Gasteiger partial charge in [-0.05, 0) is 25.1 Å². The fourth-order valence-electron chi connectivity index (χ4n) is 4.72. The molecule has 3 rings (SSSR count). The fraction of sp³-hybridized carbons (Fsp3) is 0.524. The molecule has 0 aliphatic heterocycles. The van der Waals surface area contributed by atoms with Crippen LogP contribution in [0.5, 0.6) is 23.5 Å². The molecule has 2 aromatic rings. The molecule has 2 heterocycles. The van der Waals surface area contributed by atoms with Gasteiger partial charge in [-0.2, -0.15) is 18.2 Å². The summed E-state index contributed by atoms with van der Waals surface area (Å²) in [4.78, 5) is 27.5. The number of rotatable bonds is 15. The van der Waals surface area contributed by atoms with Gasteiger partial charge in [0.05, 0.1) is 5.92 Å². The number of ketones is 2. The molecule has 216 valence electrons. The molecule has 0 spiro atoms. The molecule has 1 aliphatic rings. The van der Waals surface area contributed by atoms with Gasteiger partial charge >= 0.3 is 0 Å². The minimum absolute atomic E-state index is 0.00169. The molecule has 5 atom stereocenters. The molecule has 0 saturated heterocycles. The molecule has 2 aromatic heterocycles. The van der Waals surface area contributed by atoms with Crippen LogP contribution in [0.25, 0.3) is 0 Å². The summed E-state index contributed by atoms with van der Waals surface area (Å²) < 4.78 is 2.82. The van der Waals surface area contributed by atoms with Crippen molar-refractivity contribution in [1.82, 2.24) is 19.4 Å². The van der Waals surface area contributed by atoms with Gasteiger partial charge in [0.2, 0.25) is 0 Å². The van der Waals surface area contributed by atoms with Gasteiger partial charge in [0, 0.05) is 62.3 Å². The van der Waals surface area contributed by atoms with E-state index in [1.54, 1.807) is 12.1 Å². The number of hydrogen-bond donors (Lipinski definition) is 5. The SMILES string of the molecule is [B]P(I)C1CC(=O)C(CCN(CCNCCn2c(O)cc(B(P)I)c2O)CCn2c(O)cc(B(P)I)c2O)C1=O. The zero-order valence-electron chi connectivity index (χ0n) is 21.6. The third kappa shape index (κ3) is 8.88. The lowest BCUT2D eigenvalue weighted by Gasteiger charge is -2.24. The second kappa shape index (κ2) is 16.1. The molecule has 2 radical (unpaired) electrons. The van der Waals surface area contributed by atoms with Gasteiger partial charge in [0.25, 0.3) is 8.58 Å². The molecule has 0 amide bonds. The molecular formula is C21H31B3I3N4O6P3. The number of aromatic nitrogens is 2. The third-order valence-electron chi connectivity index (χ3n) is 6.99. The Balaban J connectivity index is 1.61. The van der Waals surface area contributed by atoms with Crippen LogP contribution in [0, 0.1) is 5.92 Å². The molecule has 0 bridgehead atoms. The van der Waals surface area contributed by atoms with Crippen molar-refractivity contribution >= 4 is 129 Å². The number of Topliss-reactive ketones (excluding diaryl/α,β-unsaturated/α-hetero) is 2. The lowest BCUT2D eigenvalue weighted by Crippen LogP contribution is -2.37. The van der Waals surface area contributed by atoms with Gasteiger partial charge in [0.1, 0.15) is 13.3 Å². The van der Waals surface area contributed by atoms with Crippen molar-refractivity contribution in [3.63, 3.8) is 0 Å². The van der Waals surface area contributed by atoms with Crippen LogP contribution in [-0.4, -0.2) is 101 Å². The van der Waals surface area contributed by atoms with Crippen molar-refractivity contribution in [2.45, 2.75) is 31.6 Å². The summed E-state index contributed by atoms with van der Waals surface area (Å²) >= 11 is 6.34. The van der Waals surface area contributed by atoms with E-state index in [4.69, 9.17) is 7.57 Å². The first kappa shape index (κ1) is 35.2. The van der Waals surface area contributed by atoms with Crippen LogP contribution in [0.3, 0.4) is 0 Å². The summed E-state index contributed by atoms with van der Waals surface area (Å²) in [7, 11) is 11.1. The van der Waals surface area contributed by atoms with Crippen molar-refractivity contribution in [2.24, 2.45) is 5.92 Å². The van der Waals surface area contributed by atoms with Crippen LogP contribution in [0.4, 0.5) is 0 Å². The second-order valence-corrected chi connectivity index (χ2v) is 20.9. The van der Waals surface area contributed by atoms with E-state index in [9.17, 15) is 30.0 Å². The topological polar surface area (TPSA) is 140 Å². The Kier molecular flexibility index (Phi) is 14.2. The Hall–Kier alpha value is 0.695. The summed E-state index contributed by atoms with van der Waals surface area (Å²) in [5.74, 6) is -0.729. The summed E-state index contributed by atoms with van der Waals surface area (Å²) in [6, 6.07) is 3.10. The Morgan fingerprint density at radius 3 is 2.00 bits per heavy atom. The van der Waals surface area contributed by atoms with Crippen LogP contribution in [0.2, 0.25) is 0 Å². The quantitative estimate of drug-likeness (QED) is 0.0597. The second-order valence-electron chi connectivity index (χ2n) is 9.54. The first-order chi connectivity index (χ1) is 18.8. The van der Waals surface area contributed by atoms with Crippen LogP contribution in [0.1, 0.15) is 12.8 Å². The van der Waals surface area contributed by atoms with E-state index in [0.717, 1.165) is 0 Å². The van der Waals surface area contributed by atoms with E-state index in [-0.39, 0.29) is 55.7 Å². The lowest BCUT2D eigenvalue weighted by molar-refractivity contribution is -0.127. The molecular weight excluding hydrogens is 910 g/mol. The number of halogens is 3. The van der Waals surface area contributed by atoms with E-state index in [1.165, 1.54) is 9.13 Å². The molecule has 5 unspecified atom stereocenters. The van der Waals surface area contributed by atoms with Crippen molar-refractivity contribution in [3.05, 3.63) is 12.1 Å². The van der Waals surface area contributed by atoms with Gasteiger partial charge in [0.15, 0.2) is 29.3 Å². The van der Waals surface area contributed by atoms with Crippen molar-refractivity contribution in [3.8, 4) is 23.5 Å². The first-order valence-electron chi connectivity index (χ1n) is 12.5. The highest BCUT2D eigenvalue weighted by atomic mass is 127. The minimum Gasteiger partial charge on any atom is -0.495 e. The molecule has 1 aliphatic carbocycles. The smallest absolute Gasteiger partial charge is 0.278 e.